The van der Waals surface area contributed by atoms with Crippen molar-refractivity contribution in [3.05, 3.63) is 35.4 Å². The number of carbonyl (C=O) groups excluding carboxylic acids is 1. The molecule has 1 fully saturated rings. The maximum atomic E-state index is 12.1. The van der Waals surface area contributed by atoms with E-state index in [0.717, 1.165) is 24.9 Å². The van der Waals surface area contributed by atoms with E-state index in [0.29, 0.717) is 6.04 Å². The molecule has 0 N–H and O–H groups in total. The molecule has 1 atom stereocenters. The van der Waals surface area contributed by atoms with Gasteiger partial charge in [0.1, 0.15) is 0 Å². The summed E-state index contributed by atoms with van der Waals surface area (Å²) in [4.78, 5) is 14.2. The number of nitrogens with zero attached hydrogens (tertiary/aromatic N) is 1. The molecule has 0 aromatic heterocycles. The number of fused-ring (bicyclic) bond motifs is 3. The van der Waals surface area contributed by atoms with Crippen LogP contribution in [0.1, 0.15) is 47.6 Å². The molecular weight excluding hydrogens is 186 g/mol. The van der Waals surface area contributed by atoms with Gasteiger partial charge in [0.25, 0.3) is 5.91 Å². The second kappa shape index (κ2) is 3.37. The Kier molecular flexibility index (Phi) is 2.01. The van der Waals surface area contributed by atoms with Crippen molar-refractivity contribution in [3.63, 3.8) is 0 Å². The van der Waals surface area contributed by atoms with E-state index < -0.39 is 0 Å². The zero-order valence-corrected chi connectivity index (χ0v) is 8.78. The van der Waals surface area contributed by atoms with Gasteiger partial charge in [0, 0.05) is 12.1 Å². The molecule has 2 aliphatic rings. The molecule has 2 heterocycles. The molecule has 0 radical (unpaired) electrons. The van der Waals surface area contributed by atoms with Gasteiger partial charge in [-0.05, 0) is 24.5 Å². The standard InChI is InChI=1S/C13H15NO/c15-13-11-7-4-3-6-10(11)12-8-2-1-5-9-14(12)13/h3-4,6-7,12H,1-2,5,8-9H2. The van der Waals surface area contributed by atoms with Crippen LogP contribution in [-0.2, 0) is 0 Å². The quantitative estimate of drug-likeness (QED) is 0.632. The molecule has 1 unspecified atom stereocenters. The summed E-state index contributed by atoms with van der Waals surface area (Å²) in [5, 5.41) is 0. The van der Waals surface area contributed by atoms with Crippen molar-refractivity contribution in [3.8, 4) is 0 Å². The molecule has 2 aliphatic heterocycles. The predicted molar refractivity (Wildman–Crippen MR) is 58.7 cm³/mol. The molecule has 2 heteroatoms. The van der Waals surface area contributed by atoms with Crippen molar-refractivity contribution in [2.75, 3.05) is 6.54 Å². The lowest BCUT2D eigenvalue weighted by Crippen LogP contribution is -2.27. The van der Waals surface area contributed by atoms with Crippen LogP contribution < -0.4 is 0 Å². The summed E-state index contributed by atoms with van der Waals surface area (Å²) in [7, 11) is 0. The molecule has 15 heavy (non-hydrogen) atoms. The summed E-state index contributed by atoms with van der Waals surface area (Å²) >= 11 is 0. The normalized spacial score (nSPS) is 24.7. The van der Waals surface area contributed by atoms with Gasteiger partial charge in [0.05, 0.1) is 6.04 Å². The lowest BCUT2D eigenvalue weighted by Gasteiger charge is -2.22. The van der Waals surface area contributed by atoms with Crippen molar-refractivity contribution < 1.29 is 4.79 Å². The highest BCUT2D eigenvalue weighted by Crippen LogP contribution is 2.38. The molecule has 1 amide bonds. The molecule has 0 aliphatic carbocycles. The Balaban J connectivity index is 2.06. The third-order valence-electron chi connectivity index (χ3n) is 3.56. The van der Waals surface area contributed by atoms with Gasteiger partial charge in [-0.15, -0.1) is 0 Å². The number of carbonyl (C=O) groups is 1. The summed E-state index contributed by atoms with van der Waals surface area (Å²) < 4.78 is 0. The zero-order chi connectivity index (χ0) is 10.3. The minimum atomic E-state index is 0.248. The maximum absolute atomic E-state index is 12.1. The first-order chi connectivity index (χ1) is 7.38. The summed E-state index contributed by atoms with van der Waals surface area (Å²) in [6.45, 7) is 0.943. The van der Waals surface area contributed by atoms with E-state index in [1.807, 2.05) is 18.2 Å². The monoisotopic (exact) mass is 201 g/mol. The first-order valence-electron chi connectivity index (χ1n) is 5.78. The van der Waals surface area contributed by atoms with Gasteiger partial charge in [0.15, 0.2) is 0 Å². The van der Waals surface area contributed by atoms with E-state index in [4.69, 9.17) is 0 Å². The second-order valence-corrected chi connectivity index (χ2v) is 4.45. The van der Waals surface area contributed by atoms with E-state index >= 15 is 0 Å². The molecule has 1 aromatic rings. The van der Waals surface area contributed by atoms with Crippen molar-refractivity contribution in [1.29, 1.82) is 0 Å². The van der Waals surface area contributed by atoms with Gasteiger partial charge in [-0.3, -0.25) is 4.79 Å². The van der Waals surface area contributed by atoms with Crippen LogP contribution in [0.15, 0.2) is 24.3 Å². The fourth-order valence-corrected chi connectivity index (χ4v) is 2.81. The Morgan fingerprint density at radius 2 is 2.00 bits per heavy atom. The van der Waals surface area contributed by atoms with Gasteiger partial charge < -0.3 is 4.90 Å². The predicted octanol–water partition coefficient (Wildman–Crippen LogP) is 2.76. The molecule has 1 saturated heterocycles. The van der Waals surface area contributed by atoms with E-state index in [-0.39, 0.29) is 5.91 Å². The molecular formula is C13H15NO. The molecule has 0 saturated carbocycles. The Hall–Kier alpha value is -1.31. The van der Waals surface area contributed by atoms with Crippen molar-refractivity contribution >= 4 is 5.91 Å². The molecule has 78 valence electrons. The Morgan fingerprint density at radius 3 is 2.93 bits per heavy atom. The molecule has 0 spiro atoms. The topological polar surface area (TPSA) is 20.3 Å². The maximum Gasteiger partial charge on any atom is 0.254 e. The van der Waals surface area contributed by atoms with Crippen LogP contribution in [-0.4, -0.2) is 17.4 Å². The first-order valence-corrected chi connectivity index (χ1v) is 5.78. The zero-order valence-electron chi connectivity index (χ0n) is 8.78. The minimum Gasteiger partial charge on any atom is -0.332 e. The van der Waals surface area contributed by atoms with E-state index in [9.17, 15) is 4.79 Å². The lowest BCUT2D eigenvalue weighted by atomic mass is 10.0. The summed E-state index contributed by atoms with van der Waals surface area (Å²) in [5.74, 6) is 0.248. The number of amides is 1. The summed E-state index contributed by atoms with van der Waals surface area (Å²) in [6.07, 6.45) is 4.82. The fourth-order valence-electron chi connectivity index (χ4n) is 2.81. The molecule has 3 rings (SSSR count). The van der Waals surface area contributed by atoms with E-state index in [1.54, 1.807) is 0 Å². The highest BCUT2D eigenvalue weighted by atomic mass is 16.2. The van der Waals surface area contributed by atoms with Gasteiger partial charge in [-0.25, -0.2) is 0 Å². The SMILES string of the molecule is O=C1c2ccccc2C2CCCCCN12. The van der Waals surface area contributed by atoms with Gasteiger partial charge in [-0.2, -0.15) is 0 Å². The number of benzene rings is 1. The van der Waals surface area contributed by atoms with Gasteiger partial charge in [-0.1, -0.05) is 31.0 Å². The lowest BCUT2D eigenvalue weighted by molar-refractivity contribution is 0.0730. The van der Waals surface area contributed by atoms with E-state index in [1.165, 1.54) is 18.4 Å². The summed E-state index contributed by atoms with van der Waals surface area (Å²) in [5.41, 5.74) is 2.19. The van der Waals surface area contributed by atoms with Crippen molar-refractivity contribution in [1.82, 2.24) is 4.90 Å². The number of rotatable bonds is 0. The van der Waals surface area contributed by atoms with Gasteiger partial charge in [0.2, 0.25) is 0 Å². The van der Waals surface area contributed by atoms with E-state index in [2.05, 4.69) is 11.0 Å². The molecule has 1 aromatic carbocycles. The first kappa shape index (κ1) is 8.96. The van der Waals surface area contributed by atoms with Crippen LogP contribution in [0.2, 0.25) is 0 Å². The highest BCUT2D eigenvalue weighted by Gasteiger charge is 2.36. The smallest absolute Gasteiger partial charge is 0.254 e. The Morgan fingerprint density at radius 1 is 1.13 bits per heavy atom. The molecule has 0 bridgehead atoms. The average Bonchev–Trinajstić information content (AvgIpc) is 2.48. The average molecular weight is 201 g/mol. The van der Waals surface area contributed by atoms with Crippen LogP contribution >= 0.6 is 0 Å². The van der Waals surface area contributed by atoms with Crippen LogP contribution in [0.3, 0.4) is 0 Å². The third-order valence-corrected chi connectivity index (χ3v) is 3.56. The summed E-state index contributed by atoms with van der Waals surface area (Å²) in [6, 6.07) is 8.45. The largest absolute Gasteiger partial charge is 0.332 e. The number of hydrogen-bond donors (Lipinski definition) is 0. The molecule has 2 nitrogen and oxygen atoms in total. The third kappa shape index (κ3) is 1.28. The van der Waals surface area contributed by atoms with Gasteiger partial charge >= 0.3 is 0 Å². The second-order valence-electron chi connectivity index (χ2n) is 4.45. The van der Waals surface area contributed by atoms with Crippen molar-refractivity contribution in [2.24, 2.45) is 0 Å². The van der Waals surface area contributed by atoms with Crippen LogP contribution in [0.25, 0.3) is 0 Å². The van der Waals surface area contributed by atoms with Crippen LogP contribution in [0.4, 0.5) is 0 Å². The van der Waals surface area contributed by atoms with Crippen molar-refractivity contribution in [2.45, 2.75) is 31.7 Å². The van der Waals surface area contributed by atoms with Crippen LogP contribution in [0, 0.1) is 0 Å². The Bertz CT molecular complexity index is 399. The highest BCUT2D eigenvalue weighted by molar-refractivity contribution is 5.99. The number of hydrogen-bond acceptors (Lipinski definition) is 1. The Labute approximate surface area is 89.9 Å². The fraction of sp³-hybridized carbons (Fsp3) is 0.462. The van der Waals surface area contributed by atoms with Crippen LogP contribution in [0.5, 0.6) is 0 Å². The minimum absolute atomic E-state index is 0.248.